The third-order valence-electron chi connectivity index (χ3n) is 2.26. The molecule has 98 valence electrons. The molecule has 0 aliphatic carbocycles. The maximum Gasteiger partial charge on any atom is 0.138 e. The summed E-state index contributed by atoms with van der Waals surface area (Å²) in [7, 11) is 1.66. The van der Waals surface area contributed by atoms with E-state index in [4.69, 9.17) is 15.2 Å². The van der Waals surface area contributed by atoms with E-state index < -0.39 is 0 Å². The molecule has 18 heavy (non-hydrogen) atoms. The maximum atomic E-state index is 13.4. The van der Waals surface area contributed by atoms with Crippen LogP contribution in [0.4, 0.5) is 4.39 Å². The number of halogens is 1. The molecule has 3 nitrogen and oxygen atoms in total. The van der Waals surface area contributed by atoms with Crippen LogP contribution in [0, 0.1) is 17.7 Å². The fraction of sp³-hybridized carbons (Fsp3) is 0.429. The summed E-state index contributed by atoms with van der Waals surface area (Å²) in [6, 6.07) is 4.78. The van der Waals surface area contributed by atoms with Crippen LogP contribution in [0.3, 0.4) is 0 Å². The van der Waals surface area contributed by atoms with E-state index in [1.54, 1.807) is 19.2 Å². The van der Waals surface area contributed by atoms with Crippen LogP contribution in [0.15, 0.2) is 18.2 Å². The molecule has 0 fully saturated rings. The van der Waals surface area contributed by atoms with Gasteiger partial charge in [0.15, 0.2) is 0 Å². The van der Waals surface area contributed by atoms with Crippen LogP contribution < -0.4 is 5.73 Å². The number of rotatable bonds is 6. The summed E-state index contributed by atoms with van der Waals surface area (Å²) >= 11 is 0. The van der Waals surface area contributed by atoms with Crippen LogP contribution in [0.1, 0.15) is 17.5 Å². The number of benzene rings is 1. The summed E-state index contributed by atoms with van der Waals surface area (Å²) in [5.74, 6) is 5.00. The van der Waals surface area contributed by atoms with Gasteiger partial charge in [0.25, 0.3) is 0 Å². The van der Waals surface area contributed by atoms with Gasteiger partial charge < -0.3 is 15.2 Å². The Hall–Kier alpha value is -1.41. The molecule has 0 aliphatic heterocycles. The molecule has 0 unspecified atom stereocenters. The number of hydrogen-bond donors (Lipinski definition) is 1. The smallest absolute Gasteiger partial charge is 0.138 e. The van der Waals surface area contributed by atoms with E-state index in [-0.39, 0.29) is 12.4 Å². The van der Waals surface area contributed by atoms with Gasteiger partial charge in [-0.3, -0.25) is 0 Å². The molecule has 2 N–H and O–H groups in total. The molecule has 1 aromatic carbocycles. The monoisotopic (exact) mass is 251 g/mol. The number of methoxy groups -OCH3 is 1. The third-order valence-corrected chi connectivity index (χ3v) is 2.26. The lowest BCUT2D eigenvalue weighted by Gasteiger charge is -2.05. The Labute approximate surface area is 107 Å². The van der Waals surface area contributed by atoms with E-state index in [2.05, 4.69) is 11.8 Å². The van der Waals surface area contributed by atoms with Crippen molar-refractivity contribution < 1.29 is 13.9 Å². The summed E-state index contributed by atoms with van der Waals surface area (Å²) in [5.41, 5.74) is 6.52. The molecule has 0 amide bonds. The first kappa shape index (κ1) is 14.7. The molecule has 0 atom stereocenters. The normalized spacial score (nSPS) is 9.94. The molecule has 0 radical (unpaired) electrons. The highest BCUT2D eigenvalue weighted by molar-refractivity contribution is 5.38. The van der Waals surface area contributed by atoms with Crippen molar-refractivity contribution in [3.05, 3.63) is 35.1 Å². The quantitative estimate of drug-likeness (QED) is 0.618. The molecule has 4 heteroatoms. The van der Waals surface area contributed by atoms with Gasteiger partial charge in [0.1, 0.15) is 5.82 Å². The van der Waals surface area contributed by atoms with Gasteiger partial charge >= 0.3 is 0 Å². The Bertz CT molecular complexity index is 424. The van der Waals surface area contributed by atoms with E-state index in [9.17, 15) is 4.39 Å². The second-order valence-corrected chi connectivity index (χ2v) is 3.72. The van der Waals surface area contributed by atoms with Crippen LogP contribution >= 0.6 is 0 Å². The van der Waals surface area contributed by atoms with Gasteiger partial charge in [-0.25, -0.2) is 4.39 Å². The van der Waals surface area contributed by atoms with E-state index in [1.807, 2.05) is 0 Å². The Morgan fingerprint density at radius 3 is 2.89 bits per heavy atom. The first-order valence-electron chi connectivity index (χ1n) is 5.82. The van der Waals surface area contributed by atoms with Crippen molar-refractivity contribution in [2.75, 3.05) is 26.9 Å². The molecule has 1 aromatic rings. The lowest BCUT2D eigenvalue weighted by Crippen LogP contribution is -2.00. The van der Waals surface area contributed by atoms with Gasteiger partial charge in [-0.2, -0.15) is 0 Å². The predicted molar refractivity (Wildman–Crippen MR) is 68.5 cm³/mol. The zero-order valence-corrected chi connectivity index (χ0v) is 10.5. The van der Waals surface area contributed by atoms with Crippen LogP contribution in [0.2, 0.25) is 0 Å². The van der Waals surface area contributed by atoms with Crippen LogP contribution in [0.25, 0.3) is 0 Å². The molecular formula is C14H18FNO2. The second kappa shape index (κ2) is 8.65. The predicted octanol–water partition coefficient (Wildman–Crippen LogP) is 1.69. The van der Waals surface area contributed by atoms with Crippen LogP contribution in [-0.4, -0.2) is 26.9 Å². The molecule has 0 saturated carbocycles. The average Bonchev–Trinajstić information content (AvgIpc) is 2.39. The van der Waals surface area contributed by atoms with Crippen LogP contribution in [-0.2, 0) is 16.1 Å². The van der Waals surface area contributed by atoms with Gasteiger partial charge in [-0.15, -0.1) is 0 Å². The third kappa shape index (κ3) is 5.28. The van der Waals surface area contributed by atoms with Crippen molar-refractivity contribution in [1.82, 2.24) is 0 Å². The first-order chi connectivity index (χ1) is 8.77. The standard InChI is InChI=1S/C14H18FNO2/c1-17-8-3-9-18-11-12-5-6-14(15)13(10-12)4-2-7-16/h5-6,10H,3,7-9,11,16H2,1H3. The summed E-state index contributed by atoms with van der Waals surface area (Å²) < 4.78 is 23.7. The molecule has 0 aliphatic rings. The number of hydrogen-bond acceptors (Lipinski definition) is 3. The minimum absolute atomic E-state index is 0.219. The minimum atomic E-state index is -0.334. The van der Waals surface area contributed by atoms with E-state index in [0.717, 1.165) is 12.0 Å². The van der Waals surface area contributed by atoms with Gasteiger partial charge in [-0.1, -0.05) is 17.9 Å². The van der Waals surface area contributed by atoms with Crippen molar-refractivity contribution in [1.29, 1.82) is 0 Å². The fourth-order valence-corrected chi connectivity index (χ4v) is 1.40. The number of nitrogens with two attached hydrogens (primary N) is 1. The number of ether oxygens (including phenoxy) is 2. The second-order valence-electron chi connectivity index (χ2n) is 3.72. The zero-order valence-electron chi connectivity index (χ0n) is 10.5. The molecule has 1 rings (SSSR count). The van der Waals surface area contributed by atoms with E-state index in [0.29, 0.717) is 25.4 Å². The average molecular weight is 251 g/mol. The SMILES string of the molecule is COCCCOCc1ccc(F)c(C#CCN)c1. The van der Waals surface area contributed by atoms with Gasteiger partial charge in [0.2, 0.25) is 0 Å². The Morgan fingerprint density at radius 1 is 1.33 bits per heavy atom. The van der Waals surface area contributed by atoms with Gasteiger partial charge in [-0.05, 0) is 24.1 Å². The zero-order chi connectivity index (χ0) is 13.2. The molecule has 0 aromatic heterocycles. The van der Waals surface area contributed by atoms with Crippen molar-refractivity contribution in [2.24, 2.45) is 5.73 Å². The Balaban J connectivity index is 2.51. The molecule has 0 heterocycles. The van der Waals surface area contributed by atoms with Gasteiger partial charge in [0.05, 0.1) is 18.7 Å². The fourth-order valence-electron chi connectivity index (χ4n) is 1.40. The highest BCUT2D eigenvalue weighted by atomic mass is 19.1. The molecule has 0 saturated heterocycles. The first-order valence-corrected chi connectivity index (χ1v) is 5.82. The van der Waals surface area contributed by atoms with E-state index >= 15 is 0 Å². The van der Waals surface area contributed by atoms with E-state index in [1.165, 1.54) is 6.07 Å². The topological polar surface area (TPSA) is 44.5 Å². The summed E-state index contributed by atoms with van der Waals surface area (Å²) in [5, 5.41) is 0. The summed E-state index contributed by atoms with van der Waals surface area (Å²) in [4.78, 5) is 0. The molecule has 0 spiro atoms. The van der Waals surface area contributed by atoms with Crippen molar-refractivity contribution in [2.45, 2.75) is 13.0 Å². The van der Waals surface area contributed by atoms with Crippen molar-refractivity contribution >= 4 is 0 Å². The Kier molecular flexibility index (Phi) is 7.04. The lowest BCUT2D eigenvalue weighted by atomic mass is 10.1. The van der Waals surface area contributed by atoms with Crippen molar-refractivity contribution in [3.8, 4) is 11.8 Å². The Morgan fingerprint density at radius 2 is 2.17 bits per heavy atom. The maximum absolute atomic E-state index is 13.4. The van der Waals surface area contributed by atoms with Crippen LogP contribution in [0.5, 0.6) is 0 Å². The molecule has 0 bridgehead atoms. The highest BCUT2D eigenvalue weighted by Gasteiger charge is 2.01. The molecular weight excluding hydrogens is 233 g/mol. The van der Waals surface area contributed by atoms with Crippen molar-refractivity contribution in [3.63, 3.8) is 0 Å². The summed E-state index contributed by atoms with van der Waals surface area (Å²) in [6.07, 6.45) is 0.845. The highest BCUT2D eigenvalue weighted by Crippen LogP contribution is 2.10. The minimum Gasteiger partial charge on any atom is -0.385 e. The van der Waals surface area contributed by atoms with Gasteiger partial charge in [0, 0.05) is 20.3 Å². The largest absolute Gasteiger partial charge is 0.385 e. The summed E-state index contributed by atoms with van der Waals surface area (Å²) in [6.45, 7) is 1.96. The lowest BCUT2D eigenvalue weighted by molar-refractivity contribution is 0.0928.